The molecule has 1 unspecified atom stereocenters. The zero-order valence-electron chi connectivity index (χ0n) is 11.5. The summed E-state index contributed by atoms with van der Waals surface area (Å²) in [4.78, 5) is 31.6. The van der Waals surface area contributed by atoms with Crippen LogP contribution in [0.5, 0.6) is 0 Å². The van der Waals surface area contributed by atoms with Gasteiger partial charge in [0, 0.05) is 24.4 Å². The smallest absolute Gasteiger partial charge is 0.267 e. The lowest BCUT2D eigenvalue weighted by Gasteiger charge is -2.31. The number of dihydropyridines is 1. The number of hydrogen-bond donors (Lipinski definition) is 0. The van der Waals surface area contributed by atoms with E-state index in [9.17, 15) is 9.59 Å². The highest BCUT2D eigenvalue weighted by Gasteiger charge is 2.30. The molecule has 0 spiro atoms. The van der Waals surface area contributed by atoms with Crippen LogP contribution in [-0.4, -0.2) is 35.5 Å². The van der Waals surface area contributed by atoms with Crippen molar-refractivity contribution in [2.75, 3.05) is 13.1 Å². The summed E-state index contributed by atoms with van der Waals surface area (Å²) in [5, 5.41) is 8.94. The molecule has 0 aromatic carbocycles. The average molecular weight is 299 g/mol. The van der Waals surface area contributed by atoms with E-state index in [2.05, 4.69) is 4.99 Å². The van der Waals surface area contributed by atoms with Crippen molar-refractivity contribution in [1.29, 1.82) is 5.26 Å². The Morgan fingerprint density at radius 2 is 2.33 bits per heavy atom. The summed E-state index contributed by atoms with van der Waals surface area (Å²) in [6, 6.07) is 5.70. The van der Waals surface area contributed by atoms with Crippen LogP contribution in [0.3, 0.4) is 0 Å². The summed E-state index contributed by atoms with van der Waals surface area (Å²) in [6.45, 7) is 2.94. The number of nitrogens with zero attached hydrogens (tertiary/aromatic N) is 3. The number of aliphatic imine (C=N–C) groups is 1. The first-order valence-corrected chi connectivity index (χ1v) is 7.48. The Morgan fingerprint density at radius 1 is 1.52 bits per heavy atom. The van der Waals surface area contributed by atoms with Gasteiger partial charge >= 0.3 is 0 Å². The van der Waals surface area contributed by atoms with Gasteiger partial charge in [0.2, 0.25) is 0 Å². The van der Waals surface area contributed by atoms with E-state index in [1.54, 1.807) is 11.0 Å². The number of thiophene rings is 1. The Bertz CT molecular complexity index is 724. The van der Waals surface area contributed by atoms with Crippen LogP contribution >= 0.6 is 11.3 Å². The molecule has 1 fully saturated rings. The number of fused-ring (bicyclic) bond motifs is 1. The first-order valence-electron chi connectivity index (χ1n) is 6.66. The standard InChI is InChI=1S/C15H13N3O2S/c1-9-2-3-13(21-9)15(20)18-5-4-12-11(8-18)6-10(7-16)14(19)17-12/h2-3,6,10H,4-5,8H2,1H3. The van der Waals surface area contributed by atoms with E-state index < -0.39 is 11.8 Å². The maximum atomic E-state index is 12.4. The molecule has 0 radical (unpaired) electrons. The largest absolute Gasteiger partial charge is 0.333 e. The summed E-state index contributed by atoms with van der Waals surface area (Å²) >= 11 is 1.48. The van der Waals surface area contributed by atoms with E-state index >= 15 is 0 Å². The molecule has 3 heterocycles. The highest BCUT2D eigenvalue weighted by Crippen LogP contribution is 2.24. The number of amides is 2. The minimum atomic E-state index is -0.817. The fourth-order valence-corrected chi connectivity index (χ4v) is 3.34. The molecule has 0 aliphatic carbocycles. The van der Waals surface area contributed by atoms with E-state index in [1.165, 1.54) is 11.3 Å². The number of aryl methyl sites for hydroxylation is 1. The first kappa shape index (κ1) is 13.7. The Hall–Kier alpha value is -2.26. The molecule has 5 nitrogen and oxygen atoms in total. The number of likely N-dealkylation sites (tertiary alicyclic amines) is 1. The normalized spacial score (nSPS) is 21.2. The summed E-state index contributed by atoms with van der Waals surface area (Å²) in [7, 11) is 0. The molecule has 0 N–H and O–H groups in total. The molecule has 1 aromatic rings. The average Bonchev–Trinajstić information content (AvgIpc) is 2.92. The molecule has 3 rings (SSSR count). The lowest BCUT2D eigenvalue weighted by molar-refractivity contribution is -0.119. The number of piperidine rings is 1. The van der Waals surface area contributed by atoms with E-state index in [0.29, 0.717) is 19.5 Å². The van der Waals surface area contributed by atoms with Crippen LogP contribution in [0.4, 0.5) is 0 Å². The molecule has 21 heavy (non-hydrogen) atoms. The predicted molar refractivity (Wildman–Crippen MR) is 79.2 cm³/mol. The van der Waals surface area contributed by atoms with Crippen molar-refractivity contribution in [3.05, 3.63) is 33.5 Å². The van der Waals surface area contributed by atoms with Gasteiger partial charge in [-0.25, -0.2) is 4.99 Å². The van der Waals surface area contributed by atoms with Crippen molar-refractivity contribution in [3.63, 3.8) is 0 Å². The maximum Gasteiger partial charge on any atom is 0.267 e. The molecule has 106 valence electrons. The van der Waals surface area contributed by atoms with Gasteiger partial charge in [0.25, 0.3) is 11.8 Å². The fraction of sp³-hybridized carbons (Fsp3) is 0.333. The molecular formula is C15H13N3O2S. The van der Waals surface area contributed by atoms with E-state index in [-0.39, 0.29) is 5.91 Å². The number of hydrogen-bond acceptors (Lipinski definition) is 4. The number of carbonyl (C=O) groups is 2. The molecule has 6 heteroatoms. The topological polar surface area (TPSA) is 73.5 Å². The van der Waals surface area contributed by atoms with Gasteiger partial charge in [-0.15, -0.1) is 11.3 Å². The second-order valence-electron chi connectivity index (χ2n) is 5.08. The Balaban J connectivity index is 1.81. The van der Waals surface area contributed by atoms with Crippen LogP contribution < -0.4 is 0 Å². The Labute approximate surface area is 126 Å². The highest BCUT2D eigenvalue weighted by atomic mass is 32.1. The molecule has 2 aliphatic rings. The lowest BCUT2D eigenvalue weighted by Crippen LogP contribution is -2.41. The first-order chi connectivity index (χ1) is 10.1. The van der Waals surface area contributed by atoms with Crippen molar-refractivity contribution in [1.82, 2.24) is 4.90 Å². The van der Waals surface area contributed by atoms with Crippen molar-refractivity contribution in [2.24, 2.45) is 10.9 Å². The summed E-state index contributed by atoms with van der Waals surface area (Å²) in [6.07, 6.45) is 2.20. The van der Waals surface area contributed by atoms with Crippen molar-refractivity contribution in [3.8, 4) is 6.07 Å². The number of rotatable bonds is 1. The zero-order valence-corrected chi connectivity index (χ0v) is 12.3. The predicted octanol–water partition coefficient (Wildman–Crippen LogP) is 1.95. The van der Waals surface area contributed by atoms with E-state index in [1.807, 2.05) is 25.1 Å². The third kappa shape index (κ3) is 2.52. The monoisotopic (exact) mass is 299 g/mol. The summed E-state index contributed by atoms with van der Waals surface area (Å²) in [5.74, 6) is -1.22. The molecule has 0 bridgehead atoms. The Morgan fingerprint density at radius 3 is 3.00 bits per heavy atom. The van der Waals surface area contributed by atoms with Crippen LogP contribution in [0.1, 0.15) is 21.0 Å². The van der Waals surface area contributed by atoms with Gasteiger partial charge in [0.1, 0.15) is 5.92 Å². The zero-order chi connectivity index (χ0) is 15.0. The Kier molecular flexibility index (Phi) is 3.43. The van der Waals surface area contributed by atoms with E-state index in [0.717, 1.165) is 21.0 Å². The van der Waals surface area contributed by atoms with Crippen LogP contribution in [-0.2, 0) is 4.79 Å². The van der Waals surface area contributed by atoms with Crippen LogP contribution in [0.15, 0.2) is 28.8 Å². The van der Waals surface area contributed by atoms with Gasteiger partial charge in [-0.05, 0) is 24.6 Å². The van der Waals surface area contributed by atoms with Gasteiger partial charge in [-0.3, -0.25) is 9.59 Å². The van der Waals surface area contributed by atoms with Crippen LogP contribution in [0.2, 0.25) is 0 Å². The van der Waals surface area contributed by atoms with E-state index in [4.69, 9.17) is 5.26 Å². The molecule has 1 aromatic heterocycles. The van der Waals surface area contributed by atoms with Crippen molar-refractivity contribution < 1.29 is 9.59 Å². The van der Waals surface area contributed by atoms with Crippen molar-refractivity contribution in [2.45, 2.75) is 13.3 Å². The minimum absolute atomic E-state index is 0.00143. The minimum Gasteiger partial charge on any atom is -0.333 e. The second-order valence-corrected chi connectivity index (χ2v) is 6.37. The van der Waals surface area contributed by atoms with Gasteiger partial charge in [0.15, 0.2) is 0 Å². The third-order valence-corrected chi connectivity index (χ3v) is 4.60. The SMILES string of the molecule is Cc1ccc(C(=O)N2CCC3=NC(=O)C(C#N)C=C3C2)s1. The van der Waals surface area contributed by atoms with Crippen molar-refractivity contribution >= 4 is 28.9 Å². The van der Waals surface area contributed by atoms with Crippen LogP contribution in [0.25, 0.3) is 0 Å². The molecule has 2 aliphatic heterocycles. The second kappa shape index (κ2) is 5.26. The third-order valence-electron chi connectivity index (χ3n) is 3.61. The molecular weight excluding hydrogens is 286 g/mol. The number of nitriles is 1. The maximum absolute atomic E-state index is 12.4. The fourth-order valence-electron chi connectivity index (χ4n) is 2.50. The quantitative estimate of drug-likeness (QED) is 0.795. The van der Waals surface area contributed by atoms with Gasteiger partial charge in [-0.2, -0.15) is 5.26 Å². The van der Waals surface area contributed by atoms with Gasteiger partial charge < -0.3 is 4.90 Å². The summed E-state index contributed by atoms with van der Waals surface area (Å²) < 4.78 is 0. The molecule has 0 saturated carbocycles. The van der Waals surface area contributed by atoms with Crippen LogP contribution in [0, 0.1) is 24.2 Å². The van der Waals surface area contributed by atoms with Gasteiger partial charge in [-0.1, -0.05) is 6.08 Å². The highest BCUT2D eigenvalue weighted by molar-refractivity contribution is 7.13. The van der Waals surface area contributed by atoms with Gasteiger partial charge in [0.05, 0.1) is 16.7 Å². The lowest BCUT2D eigenvalue weighted by atomic mass is 9.94. The number of carbonyl (C=O) groups excluding carboxylic acids is 2. The molecule has 2 amide bonds. The summed E-state index contributed by atoms with van der Waals surface area (Å²) in [5.41, 5.74) is 1.55. The molecule has 1 saturated heterocycles. The molecule has 1 atom stereocenters.